The highest BCUT2D eigenvalue weighted by Gasteiger charge is 2.18. The maximum absolute atomic E-state index is 6.09. The van der Waals surface area contributed by atoms with Gasteiger partial charge in [0, 0.05) is 29.8 Å². The van der Waals surface area contributed by atoms with E-state index >= 15 is 0 Å². The average molecular weight is 347 g/mol. The number of halogens is 1. The van der Waals surface area contributed by atoms with Crippen LogP contribution in [0, 0.1) is 0 Å². The second-order valence-electron chi connectivity index (χ2n) is 5.32. The summed E-state index contributed by atoms with van der Waals surface area (Å²) in [5.41, 5.74) is 9.62. The van der Waals surface area contributed by atoms with Crippen LogP contribution in [-0.2, 0) is 13.0 Å². The largest absolute Gasteiger partial charge is 0.492 e. The molecule has 0 saturated heterocycles. The molecule has 110 valence electrons. The lowest BCUT2D eigenvalue weighted by Gasteiger charge is -2.29. The van der Waals surface area contributed by atoms with Gasteiger partial charge < -0.3 is 10.5 Å². The van der Waals surface area contributed by atoms with Gasteiger partial charge in [0.15, 0.2) is 0 Å². The Morgan fingerprint density at radius 1 is 1.19 bits per heavy atom. The van der Waals surface area contributed by atoms with E-state index in [1.807, 2.05) is 36.4 Å². The molecule has 0 aliphatic carbocycles. The number of fused-ring (bicyclic) bond motifs is 1. The SMILES string of the molecule is Nc1cc(Br)cc2c1CCN(CCOc1ccccc1)C2. The van der Waals surface area contributed by atoms with Crippen molar-refractivity contribution in [1.29, 1.82) is 0 Å². The number of hydrogen-bond donors (Lipinski definition) is 1. The highest BCUT2D eigenvalue weighted by molar-refractivity contribution is 9.10. The lowest BCUT2D eigenvalue weighted by atomic mass is 9.98. The number of nitrogens with two attached hydrogens (primary N) is 1. The molecule has 0 bridgehead atoms. The molecule has 2 aromatic carbocycles. The summed E-state index contributed by atoms with van der Waals surface area (Å²) in [5, 5.41) is 0. The molecule has 21 heavy (non-hydrogen) atoms. The molecule has 4 heteroatoms. The number of rotatable bonds is 4. The van der Waals surface area contributed by atoms with E-state index in [1.165, 1.54) is 11.1 Å². The minimum Gasteiger partial charge on any atom is -0.492 e. The van der Waals surface area contributed by atoms with Crippen molar-refractivity contribution in [2.75, 3.05) is 25.4 Å². The number of hydrogen-bond acceptors (Lipinski definition) is 3. The number of nitrogens with zero attached hydrogens (tertiary/aromatic N) is 1. The van der Waals surface area contributed by atoms with Gasteiger partial charge in [-0.25, -0.2) is 0 Å². The monoisotopic (exact) mass is 346 g/mol. The summed E-state index contributed by atoms with van der Waals surface area (Å²) in [4.78, 5) is 2.41. The minimum absolute atomic E-state index is 0.711. The lowest BCUT2D eigenvalue weighted by Crippen LogP contribution is -2.34. The van der Waals surface area contributed by atoms with Gasteiger partial charge in [-0.2, -0.15) is 0 Å². The van der Waals surface area contributed by atoms with Gasteiger partial charge in [-0.1, -0.05) is 34.1 Å². The van der Waals surface area contributed by atoms with Crippen LogP contribution in [-0.4, -0.2) is 24.6 Å². The van der Waals surface area contributed by atoms with E-state index < -0.39 is 0 Å². The number of benzene rings is 2. The first-order chi connectivity index (χ1) is 10.2. The molecule has 0 fully saturated rings. The van der Waals surface area contributed by atoms with Crippen LogP contribution >= 0.6 is 15.9 Å². The molecule has 0 unspecified atom stereocenters. The first-order valence-electron chi connectivity index (χ1n) is 7.19. The van der Waals surface area contributed by atoms with Crippen LogP contribution in [0.3, 0.4) is 0 Å². The summed E-state index contributed by atoms with van der Waals surface area (Å²) in [6.45, 7) is 3.62. The Balaban J connectivity index is 1.57. The molecule has 2 aromatic rings. The lowest BCUT2D eigenvalue weighted by molar-refractivity contribution is 0.196. The zero-order valence-electron chi connectivity index (χ0n) is 11.9. The Morgan fingerprint density at radius 3 is 2.81 bits per heavy atom. The molecule has 0 atom stereocenters. The molecular formula is C17H19BrN2O. The van der Waals surface area contributed by atoms with Crippen molar-refractivity contribution >= 4 is 21.6 Å². The van der Waals surface area contributed by atoms with Crippen LogP contribution in [0.1, 0.15) is 11.1 Å². The van der Waals surface area contributed by atoms with Gasteiger partial charge in [0.25, 0.3) is 0 Å². The third-order valence-electron chi connectivity index (χ3n) is 3.83. The predicted octanol–water partition coefficient (Wildman–Crippen LogP) is 3.47. The Kier molecular flexibility index (Phi) is 4.46. The zero-order chi connectivity index (χ0) is 14.7. The topological polar surface area (TPSA) is 38.5 Å². The normalized spacial score (nSPS) is 14.7. The second-order valence-corrected chi connectivity index (χ2v) is 6.24. The summed E-state index contributed by atoms with van der Waals surface area (Å²) in [6, 6.07) is 14.1. The molecule has 0 amide bonds. The van der Waals surface area contributed by atoms with E-state index in [0.29, 0.717) is 6.61 Å². The molecule has 3 rings (SSSR count). The smallest absolute Gasteiger partial charge is 0.119 e. The van der Waals surface area contributed by atoms with Gasteiger partial charge in [0.05, 0.1) is 0 Å². The summed E-state index contributed by atoms with van der Waals surface area (Å²) < 4.78 is 6.83. The van der Waals surface area contributed by atoms with Crippen molar-refractivity contribution in [3.8, 4) is 5.75 Å². The van der Waals surface area contributed by atoms with Crippen LogP contribution < -0.4 is 10.5 Å². The Morgan fingerprint density at radius 2 is 2.00 bits per heavy atom. The van der Waals surface area contributed by atoms with Crippen molar-refractivity contribution in [2.24, 2.45) is 0 Å². The highest BCUT2D eigenvalue weighted by atomic mass is 79.9. The maximum atomic E-state index is 6.09. The zero-order valence-corrected chi connectivity index (χ0v) is 13.5. The summed E-state index contributed by atoms with van der Waals surface area (Å²) in [7, 11) is 0. The summed E-state index contributed by atoms with van der Waals surface area (Å²) in [5.74, 6) is 0.932. The molecule has 0 spiro atoms. The molecule has 0 saturated carbocycles. The molecule has 1 aliphatic heterocycles. The van der Waals surface area contributed by atoms with Crippen LogP contribution in [0.15, 0.2) is 46.9 Å². The molecule has 3 nitrogen and oxygen atoms in total. The third kappa shape index (κ3) is 3.57. The summed E-state index contributed by atoms with van der Waals surface area (Å²) >= 11 is 3.52. The molecule has 2 N–H and O–H groups in total. The fourth-order valence-electron chi connectivity index (χ4n) is 2.75. The van der Waals surface area contributed by atoms with Crippen molar-refractivity contribution in [1.82, 2.24) is 4.90 Å². The molecule has 1 heterocycles. The average Bonchev–Trinajstić information content (AvgIpc) is 2.48. The van der Waals surface area contributed by atoms with Crippen LogP contribution in [0.5, 0.6) is 5.75 Å². The molecule has 1 aliphatic rings. The van der Waals surface area contributed by atoms with E-state index in [1.54, 1.807) is 0 Å². The second kappa shape index (κ2) is 6.50. The third-order valence-corrected chi connectivity index (χ3v) is 4.29. The van der Waals surface area contributed by atoms with E-state index in [0.717, 1.165) is 42.0 Å². The molecule has 0 aromatic heterocycles. The van der Waals surface area contributed by atoms with E-state index in [2.05, 4.69) is 26.9 Å². The fraction of sp³-hybridized carbons (Fsp3) is 0.294. The van der Waals surface area contributed by atoms with Crippen molar-refractivity contribution in [3.63, 3.8) is 0 Å². The number of anilines is 1. The quantitative estimate of drug-likeness (QED) is 0.861. The predicted molar refractivity (Wildman–Crippen MR) is 89.5 cm³/mol. The summed E-state index contributed by atoms with van der Waals surface area (Å²) in [6.07, 6.45) is 1.01. The molecule has 0 radical (unpaired) electrons. The van der Waals surface area contributed by atoms with Crippen LogP contribution in [0.4, 0.5) is 5.69 Å². The Bertz CT molecular complexity index is 616. The van der Waals surface area contributed by atoms with E-state index in [9.17, 15) is 0 Å². The Labute approximate surface area is 133 Å². The van der Waals surface area contributed by atoms with Crippen LogP contribution in [0.25, 0.3) is 0 Å². The minimum atomic E-state index is 0.711. The number of ether oxygens (including phenoxy) is 1. The van der Waals surface area contributed by atoms with Gasteiger partial charge >= 0.3 is 0 Å². The maximum Gasteiger partial charge on any atom is 0.119 e. The fourth-order valence-corrected chi connectivity index (χ4v) is 3.28. The van der Waals surface area contributed by atoms with E-state index in [4.69, 9.17) is 10.5 Å². The number of nitrogen functional groups attached to an aromatic ring is 1. The van der Waals surface area contributed by atoms with Gasteiger partial charge in [0.1, 0.15) is 12.4 Å². The highest BCUT2D eigenvalue weighted by Crippen LogP contribution is 2.28. The first-order valence-corrected chi connectivity index (χ1v) is 7.98. The first kappa shape index (κ1) is 14.4. The van der Waals surface area contributed by atoms with E-state index in [-0.39, 0.29) is 0 Å². The van der Waals surface area contributed by atoms with Gasteiger partial charge in [0.2, 0.25) is 0 Å². The Hall–Kier alpha value is -1.52. The molecular weight excluding hydrogens is 328 g/mol. The standard InChI is InChI=1S/C17H19BrN2O/c18-14-10-13-12-20(7-6-16(13)17(19)11-14)8-9-21-15-4-2-1-3-5-15/h1-5,10-11H,6-9,12,19H2. The van der Waals surface area contributed by atoms with Crippen molar-refractivity contribution < 1.29 is 4.74 Å². The van der Waals surface area contributed by atoms with Crippen molar-refractivity contribution in [2.45, 2.75) is 13.0 Å². The van der Waals surface area contributed by atoms with Crippen LogP contribution in [0.2, 0.25) is 0 Å². The van der Waals surface area contributed by atoms with Gasteiger partial charge in [-0.15, -0.1) is 0 Å². The van der Waals surface area contributed by atoms with Gasteiger partial charge in [-0.05, 0) is 41.8 Å². The number of para-hydroxylation sites is 1. The van der Waals surface area contributed by atoms with Gasteiger partial charge in [-0.3, -0.25) is 4.90 Å². The van der Waals surface area contributed by atoms with Crippen molar-refractivity contribution in [3.05, 3.63) is 58.1 Å².